The summed E-state index contributed by atoms with van der Waals surface area (Å²) in [5.41, 5.74) is 2.30. The van der Waals surface area contributed by atoms with E-state index in [0.717, 1.165) is 10.0 Å². The van der Waals surface area contributed by atoms with E-state index in [1.807, 2.05) is 19.1 Å². The molecule has 0 heterocycles. The van der Waals surface area contributed by atoms with E-state index in [-0.39, 0.29) is 18.2 Å². The van der Waals surface area contributed by atoms with E-state index in [1.54, 1.807) is 30.3 Å². The third-order valence-corrected chi connectivity index (χ3v) is 3.76. The maximum absolute atomic E-state index is 11.9. The molecular formula is C16H14BrClN2O2. The lowest BCUT2D eigenvalue weighted by molar-refractivity contribution is -0.123. The van der Waals surface area contributed by atoms with Crippen LogP contribution in [0.15, 0.2) is 46.9 Å². The SMILES string of the molecule is Cc1ccc(NC(=O)CC(=O)Nc2ccc(Cl)cc2)c(Br)c1. The predicted molar refractivity (Wildman–Crippen MR) is 92.2 cm³/mol. The molecule has 0 saturated carbocycles. The van der Waals surface area contributed by atoms with E-state index in [9.17, 15) is 9.59 Å². The van der Waals surface area contributed by atoms with E-state index in [0.29, 0.717) is 16.4 Å². The fraction of sp³-hybridized carbons (Fsp3) is 0.125. The maximum atomic E-state index is 11.9. The Labute approximate surface area is 142 Å². The van der Waals surface area contributed by atoms with Crippen LogP contribution in [-0.4, -0.2) is 11.8 Å². The summed E-state index contributed by atoms with van der Waals surface area (Å²) in [4.78, 5) is 23.7. The lowest BCUT2D eigenvalue weighted by atomic mass is 10.2. The molecule has 2 aromatic carbocycles. The van der Waals surface area contributed by atoms with Gasteiger partial charge in [-0.3, -0.25) is 9.59 Å². The minimum absolute atomic E-state index is 0.261. The molecule has 0 radical (unpaired) electrons. The zero-order chi connectivity index (χ0) is 16.1. The van der Waals surface area contributed by atoms with Gasteiger partial charge in [0.25, 0.3) is 0 Å². The Morgan fingerprint density at radius 1 is 1.05 bits per heavy atom. The first-order valence-electron chi connectivity index (χ1n) is 6.55. The molecule has 22 heavy (non-hydrogen) atoms. The molecule has 114 valence electrons. The average molecular weight is 382 g/mol. The highest BCUT2D eigenvalue weighted by molar-refractivity contribution is 9.10. The summed E-state index contributed by atoms with van der Waals surface area (Å²) < 4.78 is 0.777. The van der Waals surface area contributed by atoms with Crippen LogP contribution in [-0.2, 0) is 9.59 Å². The van der Waals surface area contributed by atoms with Gasteiger partial charge in [0.1, 0.15) is 6.42 Å². The van der Waals surface area contributed by atoms with Crippen LogP contribution in [0.3, 0.4) is 0 Å². The van der Waals surface area contributed by atoms with Crippen LogP contribution in [0.2, 0.25) is 5.02 Å². The van der Waals surface area contributed by atoms with Gasteiger partial charge < -0.3 is 10.6 Å². The molecule has 0 fully saturated rings. The lowest BCUT2D eigenvalue weighted by Crippen LogP contribution is -2.21. The summed E-state index contributed by atoms with van der Waals surface area (Å²) in [7, 11) is 0. The Hall–Kier alpha value is -1.85. The molecular weight excluding hydrogens is 368 g/mol. The van der Waals surface area contributed by atoms with Crippen LogP contribution in [0.25, 0.3) is 0 Å². The van der Waals surface area contributed by atoms with Gasteiger partial charge in [0.2, 0.25) is 11.8 Å². The molecule has 2 rings (SSSR count). The molecule has 0 atom stereocenters. The predicted octanol–water partition coefficient (Wildman–Crippen LogP) is 4.38. The van der Waals surface area contributed by atoms with E-state index >= 15 is 0 Å². The highest BCUT2D eigenvalue weighted by Crippen LogP contribution is 2.23. The highest BCUT2D eigenvalue weighted by Gasteiger charge is 2.11. The molecule has 0 spiro atoms. The number of carbonyl (C=O) groups excluding carboxylic acids is 2. The number of carbonyl (C=O) groups is 2. The Morgan fingerprint density at radius 3 is 2.32 bits per heavy atom. The molecule has 0 aliphatic heterocycles. The number of nitrogens with one attached hydrogen (secondary N) is 2. The van der Waals surface area contributed by atoms with Crippen molar-refractivity contribution < 1.29 is 9.59 Å². The van der Waals surface area contributed by atoms with Crippen molar-refractivity contribution in [3.63, 3.8) is 0 Å². The van der Waals surface area contributed by atoms with Crippen molar-refractivity contribution in [1.29, 1.82) is 0 Å². The van der Waals surface area contributed by atoms with E-state index < -0.39 is 0 Å². The number of rotatable bonds is 4. The molecule has 2 N–H and O–H groups in total. The van der Waals surface area contributed by atoms with Crippen LogP contribution in [0.1, 0.15) is 12.0 Å². The van der Waals surface area contributed by atoms with Gasteiger partial charge in [0, 0.05) is 15.2 Å². The standard InChI is InChI=1S/C16H14BrClN2O2/c1-10-2-7-14(13(17)8-10)20-16(22)9-15(21)19-12-5-3-11(18)4-6-12/h2-8H,9H2,1H3,(H,19,21)(H,20,22). The molecule has 0 bridgehead atoms. The van der Waals surface area contributed by atoms with Crippen molar-refractivity contribution in [2.24, 2.45) is 0 Å². The molecule has 0 saturated heterocycles. The Morgan fingerprint density at radius 2 is 1.68 bits per heavy atom. The van der Waals surface area contributed by atoms with Crippen molar-refractivity contribution in [2.75, 3.05) is 10.6 Å². The number of hydrogen-bond acceptors (Lipinski definition) is 2. The number of amides is 2. The van der Waals surface area contributed by atoms with Gasteiger partial charge in [-0.15, -0.1) is 0 Å². The second-order valence-electron chi connectivity index (χ2n) is 4.76. The van der Waals surface area contributed by atoms with E-state index in [1.165, 1.54) is 0 Å². The van der Waals surface area contributed by atoms with Gasteiger partial charge >= 0.3 is 0 Å². The monoisotopic (exact) mass is 380 g/mol. The Balaban J connectivity index is 1.91. The average Bonchev–Trinajstić information content (AvgIpc) is 2.44. The van der Waals surface area contributed by atoms with E-state index in [4.69, 9.17) is 11.6 Å². The van der Waals surface area contributed by atoms with Crippen LogP contribution >= 0.6 is 27.5 Å². The number of benzene rings is 2. The summed E-state index contributed by atoms with van der Waals surface area (Å²) in [5, 5.41) is 5.92. The van der Waals surface area contributed by atoms with Gasteiger partial charge in [0.05, 0.1) is 5.69 Å². The fourth-order valence-electron chi connectivity index (χ4n) is 1.80. The zero-order valence-electron chi connectivity index (χ0n) is 11.8. The van der Waals surface area contributed by atoms with Crippen LogP contribution < -0.4 is 10.6 Å². The molecule has 6 heteroatoms. The number of anilines is 2. The molecule has 0 aliphatic carbocycles. The highest BCUT2D eigenvalue weighted by atomic mass is 79.9. The number of aryl methyl sites for hydroxylation is 1. The summed E-state index contributed by atoms with van der Waals surface area (Å²) in [6.45, 7) is 1.95. The zero-order valence-corrected chi connectivity index (χ0v) is 14.2. The summed E-state index contributed by atoms with van der Waals surface area (Å²) in [5.74, 6) is -0.765. The summed E-state index contributed by atoms with van der Waals surface area (Å²) >= 11 is 9.14. The molecule has 2 aromatic rings. The van der Waals surface area contributed by atoms with Gasteiger partial charge in [-0.1, -0.05) is 17.7 Å². The number of halogens is 2. The Bertz CT molecular complexity index is 702. The molecule has 0 unspecified atom stereocenters. The van der Waals surface area contributed by atoms with Gasteiger partial charge in [0.15, 0.2) is 0 Å². The maximum Gasteiger partial charge on any atom is 0.233 e. The van der Waals surface area contributed by atoms with Crippen LogP contribution in [0.4, 0.5) is 11.4 Å². The van der Waals surface area contributed by atoms with Crippen molar-refractivity contribution in [3.8, 4) is 0 Å². The molecule has 2 amide bonds. The first kappa shape index (κ1) is 16.5. The topological polar surface area (TPSA) is 58.2 Å². The number of hydrogen-bond donors (Lipinski definition) is 2. The van der Waals surface area contributed by atoms with Crippen molar-refractivity contribution in [1.82, 2.24) is 0 Å². The smallest absolute Gasteiger partial charge is 0.233 e. The molecule has 4 nitrogen and oxygen atoms in total. The minimum atomic E-state index is -0.386. The van der Waals surface area contributed by atoms with Crippen LogP contribution in [0, 0.1) is 6.92 Å². The van der Waals surface area contributed by atoms with Gasteiger partial charge in [-0.05, 0) is 64.8 Å². The first-order valence-corrected chi connectivity index (χ1v) is 7.72. The summed E-state index contributed by atoms with van der Waals surface area (Å²) in [6, 6.07) is 12.2. The third-order valence-electron chi connectivity index (χ3n) is 2.85. The molecule has 0 aliphatic rings. The normalized spacial score (nSPS) is 10.1. The van der Waals surface area contributed by atoms with Crippen LogP contribution in [0.5, 0.6) is 0 Å². The fourth-order valence-corrected chi connectivity index (χ4v) is 2.52. The second kappa shape index (κ2) is 7.42. The van der Waals surface area contributed by atoms with Crippen molar-refractivity contribution >= 4 is 50.7 Å². The van der Waals surface area contributed by atoms with Crippen molar-refractivity contribution in [2.45, 2.75) is 13.3 Å². The lowest BCUT2D eigenvalue weighted by Gasteiger charge is -2.09. The second-order valence-corrected chi connectivity index (χ2v) is 6.05. The quantitative estimate of drug-likeness (QED) is 0.772. The largest absolute Gasteiger partial charge is 0.326 e. The third kappa shape index (κ3) is 4.86. The molecule has 0 aromatic heterocycles. The van der Waals surface area contributed by atoms with E-state index in [2.05, 4.69) is 26.6 Å². The first-order chi connectivity index (χ1) is 10.4. The summed E-state index contributed by atoms with van der Waals surface area (Å²) in [6.07, 6.45) is -0.261. The van der Waals surface area contributed by atoms with Crippen molar-refractivity contribution in [3.05, 3.63) is 57.5 Å². The minimum Gasteiger partial charge on any atom is -0.326 e. The van der Waals surface area contributed by atoms with Gasteiger partial charge in [-0.2, -0.15) is 0 Å². The Kier molecular flexibility index (Phi) is 5.57. The van der Waals surface area contributed by atoms with Gasteiger partial charge in [-0.25, -0.2) is 0 Å².